The molecule has 0 atom stereocenters. The van der Waals surface area contributed by atoms with Gasteiger partial charge < -0.3 is 4.74 Å². The van der Waals surface area contributed by atoms with Crippen molar-refractivity contribution in [1.29, 1.82) is 10.7 Å². The highest BCUT2D eigenvalue weighted by molar-refractivity contribution is 6.02. The third-order valence-electron chi connectivity index (χ3n) is 2.84. The quantitative estimate of drug-likeness (QED) is 0.769. The van der Waals surface area contributed by atoms with Crippen LogP contribution in [0.2, 0.25) is 0 Å². The van der Waals surface area contributed by atoms with Crippen LogP contribution in [0.3, 0.4) is 0 Å². The molecule has 19 heavy (non-hydrogen) atoms. The number of nitrogens with zero attached hydrogens (tertiary/aromatic N) is 3. The van der Waals surface area contributed by atoms with Crippen LogP contribution in [0, 0.1) is 16.7 Å². The highest BCUT2D eigenvalue weighted by Gasteiger charge is 2.26. The monoisotopic (exact) mass is 250 g/mol. The molecule has 0 bridgehead atoms. The Kier molecular flexibility index (Phi) is 2.43. The first kappa shape index (κ1) is 11.2. The third-order valence-corrected chi connectivity index (χ3v) is 2.84. The summed E-state index contributed by atoms with van der Waals surface area (Å²) in [6, 6.07) is 9.55. The van der Waals surface area contributed by atoms with Crippen molar-refractivity contribution < 1.29 is 4.74 Å². The number of nitriles is 1. The molecule has 0 unspecified atom stereocenters. The van der Waals surface area contributed by atoms with Crippen LogP contribution in [0.25, 0.3) is 0 Å². The van der Waals surface area contributed by atoms with E-state index in [1.165, 1.54) is 0 Å². The highest BCUT2D eigenvalue weighted by atomic mass is 16.5. The standard InChI is InChI=1S/C14H10N4O/c1-9-6-13-18(8-10(7-15)14(16)19-13)12-5-3-2-4-11(12)17-9/h2-6,8,16H,1H3. The van der Waals surface area contributed by atoms with Crippen LogP contribution < -0.4 is 4.90 Å². The van der Waals surface area contributed by atoms with Crippen LogP contribution in [-0.2, 0) is 4.74 Å². The van der Waals surface area contributed by atoms with Gasteiger partial charge in [-0.05, 0) is 19.1 Å². The van der Waals surface area contributed by atoms with Gasteiger partial charge >= 0.3 is 0 Å². The number of aliphatic imine (C=N–C) groups is 1. The van der Waals surface area contributed by atoms with E-state index < -0.39 is 0 Å². The Morgan fingerprint density at radius 3 is 2.95 bits per heavy atom. The second kappa shape index (κ2) is 4.10. The Hall–Kier alpha value is -2.87. The van der Waals surface area contributed by atoms with Crippen LogP contribution in [0.4, 0.5) is 11.4 Å². The summed E-state index contributed by atoms with van der Waals surface area (Å²) >= 11 is 0. The number of ether oxygens (including phenoxy) is 1. The number of fused-ring (bicyclic) bond motifs is 3. The van der Waals surface area contributed by atoms with Crippen molar-refractivity contribution in [3.05, 3.63) is 48.0 Å². The molecule has 0 saturated heterocycles. The zero-order chi connectivity index (χ0) is 13.4. The van der Waals surface area contributed by atoms with Gasteiger partial charge in [-0.1, -0.05) is 12.1 Å². The zero-order valence-corrected chi connectivity index (χ0v) is 10.2. The van der Waals surface area contributed by atoms with E-state index in [0.717, 1.165) is 17.1 Å². The molecule has 0 fully saturated rings. The Morgan fingerprint density at radius 1 is 1.37 bits per heavy atom. The first-order chi connectivity index (χ1) is 9.19. The molecule has 5 heteroatoms. The lowest BCUT2D eigenvalue weighted by Gasteiger charge is -2.27. The maximum Gasteiger partial charge on any atom is 0.233 e. The molecule has 0 spiro atoms. The normalized spacial score (nSPS) is 16.9. The minimum atomic E-state index is -0.141. The Morgan fingerprint density at radius 2 is 2.16 bits per heavy atom. The predicted molar refractivity (Wildman–Crippen MR) is 72.3 cm³/mol. The minimum absolute atomic E-state index is 0.141. The van der Waals surface area contributed by atoms with E-state index in [1.807, 2.05) is 37.3 Å². The fourth-order valence-electron chi connectivity index (χ4n) is 1.99. The van der Waals surface area contributed by atoms with E-state index in [-0.39, 0.29) is 11.5 Å². The maximum absolute atomic E-state index is 9.01. The summed E-state index contributed by atoms with van der Waals surface area (Å²) in [6.45, 7) is 1.86. The van der Waals surface area contributed by atoms with Gasteiger partial charge in [0, 0.05) is 18.0 Å². The Bertz CT molecular complexity index is 706. The second-order valence-corrected chi connectivity index (χ2v) is 4.18. The van der Waals surface area contributed by atoms with E-state index in [0.29, 0.717) is 5.88 Å². The predicted octanol–water partition coefficient (Wildman–Crippen LogP) is 2.86. The SMILES string of the molecule is CC1=Nc2ccccc2N2C=C(C#N)C(=N)OC2=C1. The lowest BCUT2D eigenvalue weighted by Crippen LogP contribution is -2.27. The lowest BCUT2D eigenvalue weighted by molar-refractivity contribution is 0.396. The van der Waals surface area contributed by atoms with Crippen LogP contribution in [0.15, 0.2) is 53.0 Å². The molecule has 3 rings (SSSR count). The average molecular weight is 250 g/mol. The number of para-hydroxylation sites is 2. The summed E-state index contributed by atoms with van der Waals surface area (Å²) in [6.07, 6.45) is 3.35. The van der Waals surface area contributed by atoms with E-state index in [2.05, 4.69) is 4.99 Å². The van der Waals surface area contributed by atoms with E-state index in [4.69, 9.17) is 15.4 Å². The molecular formula is C14H10N4O. The molecule has 0 aromatic heterocycles. The van der Waals surface area contributed by atoms with E-state index in [9.17, 15) is 0 Å². The first-order valence-electron chi connectivity index (χ1n) is 5.73. The van der Waals surface area contributed by atoms with E-state index >= 15 is 0 Å². The summed E-state index contributed by atoms with van der Waals surface area (Å²) < 4.78 is 5.40. The molecule has 0 aliphatic carbocycles. The van der Waals surface area contributed by atoms with Gasteiger partial charge in [0.15, 0.2) is 0 Å². The number of hydrogen-bond acceptors (Lipinski definition) is 5. The van der Waals surface area contributed by atoms with Gasteiger partial charge in [-0.3, -0.25) is 15.3 Å². The van der Waals surface area contributed by atoms with Gasteiger partial charge in [0.05, 0.1) is 11.4 Å². The zero-order valence-electron chi connectivity index (χ0n) is 10.2. The van der Waals surface area contributed by atoms with Gasteiger partial charge in [-0.2, -0.15) is 5.26 Å². The van der Waals surface area contributed by atoms with Crippen molar-refractivity contribution in [2.45, 2.75) is 6.92 Å². The summed E-state index contributed by atoms with van der Waals surface area (Å²) in [4.78, 5) is 6.22. The molecule has 5 nitrogen and oxygen atoms in total. The van der Waals surface area contributed by atoms with Crippen LogP contribution in [0.5, 0.6) is 0 Å². The highest BCUT2D eigenvalue weighted by Crippen LogP contribution is 2.36. The fourth-order valence-corrected chi connectivity index (χ4v) is 1.99. The van der Waals surface area contributed by atoms with Crippen molar-refractivity contribution in [2.75, 3.05) is 4.90 Å². The minimum Gasteiger partial charge on any atom is -0.421 e. The molecule has 1 aromatic rings. The topological polar surface area (TPSA) is 72.5 Å². The molecule has 92 valence electrons. The van der Waals surface area contributed by atoms with Gasteiger partial charge in [0.1, 0.15) is 11.6 Å². The van der Waals surface area contributed by atoms with Crippen molar-refractivity contribution in [1.82, 2.24) is 0 Å². The molecule has 2 heterocycles. The Balaban J connectivity index is 2.24. The smallest absolute Gasteiger partial charge is 0.233 e. The summed E-state index contributed by atoms with van der Waals surface area (Å²) in [5.74, 6) is 0.340. The molecular weight excluding hydrogens is 240 g/mol. The van der Waals surface area contributed by atoms with Gasteiger partial charge in [0.2, 0.25) is 11.8 Å². The summed E-state index contributed by atoms with van der Waals surface area (Å²) in [5, 5.41) is 16.7. The molecule has 0 radical (unpaired) electrons. The van der Waals surface area contributed by atoms with Crippen molar-refractivity contribution in [3.8, 4) is 6.07 Å². The second-order valence-electron chi connectivity index (χ2n) is 4.18. The first-order valence-corrected chi connectivity index (χ1v) is 5.73. The number of nitrogens with one attached hydrogen (secondary N) is 1. The molecule has 1 aromatic carbocycles. The lowest BCUT2D eigenvalue weighted by atomic mass is 10.2. The number of allylic oxidation sites excluding steroid dienone is 1. The molecule has 2 aliphatic heterocycles. The van der Waals surface area contributed by atoms with Crippen LogP contribution in [0.1, 0.15) is 6.92 Å². The number of anilines is 1. The summed E-state index contributed by atoms with van der Waals surface area (Å²) in [5.41, 5.74) is 2.60. The molecule has 1 N–H and O–H groups in total. The van der Waals surface area contributed by atoms with Crippen LogP contribution in [-0.4, -0.2) is 11.6 Å². The van der Waals surface area contributed by atoms with E-state index in [1.54, 1.807) is 17.2 Å². The number of benzene rings is 1. The summed E-state index contributed by atoms with van der Waals surface area (Å²) in [7, 11) is 0. The Labute approximate surface area is 110 Å². The largest absolute Gasteiger partial charge is 0.421 e. The van der Waals surface area contributed by atoms with Crippen molar-refractivity contribution in [2.24, 2.45) is 4.99 Å². The number of hydrogen-bond donors (Lipinski definition) is 1. The van der Waals surface area contributed by atoms with Crippen LogP contribution >= 0.6 is 0 Å². The van der Waals surface area contributed by atoms with Gasteiger partial charge in [0.25, 0.3) is 0 Å². The molecule has 0 amide bonds. The van der Waals surface area contributed by atoms with Gasteiger partial charge in [-0.25, -0.2) is 0 Å². The van der Waals surface area contributed by atoms with Gasteiger partial charge in [-0.15, -0.1) is 0 Å². The average Bonchev–Trinajstić information content (AvgIpc) is 2.52. The third kappa shape index (κ3) is 1.79. The van der Waals surface area contributed by atoms with Crippen molar-refractivity contribution in [3.63, 3.8) is 0 Å². The maximum atomic E-state index is 9.01. The fraction of sp³-hybridized carbons (Fsp3) is 0.0714. The molecule has 0 saturated carbocycles. The molecule has 2 aliphatic rings. The van der Waals surface area contributed by atoms with Crippen molar-refractivity contribution >= 4 is 23.0 Å². The number of rotatable bonds is 0.